The van der Waals surface area contributed by atoms with Crippen LogP contribution >= 0.6 is 0 Å². The van der Waals surface area contributed by atoms with Crippen LogP contribution in [0.4, 0.5) is 0 Å². The molecule has 0 aliphatic heterocycles. The zero-order chi connectivity index (χ0) is 10.6. The smallest absolute Gasteiger partial charge is 0.303 e. The molecule has 1 aliphatic rings. The molecule has 0 aromatic rings. The lowest BCUT2D eigenvalue weighted by atomic mass is 9.86. The molecule has 0 aromatic heterocycles. The van der Waals surface area contributed by atoms with Crippen LogP contribution < -0.4 is 5.73 Å². The lowest BCUT2D eigenvalue weighted by Gasteiger charge is -2.35. The van der Waals surface area contributed by atoms with E-state index in [2.05, 4.69) is 0 Å². The molecular formula is C11H17NO2. The molecule has 0 amide bonds. The summed E-state index contributed by atoms with van der Waals surface area (Å²) in [5.74, 6) is -0.283. The molecule has 1 rings (SSSR count). The van der Waals surface area contributed by atoms with Crippen molar-refractivity contribution < 1.29 is 9.53 Å². The summed E-state index contributed by atoms with van der Waals surface area (Å²) in [6.07, 6.45) is 9.18. The molecular weight excluding hydrogens is 178 g/mol. The fourth-order valence-corrected chi connectivity index (χ4v) is 1.74. The number of esters is 1. The van der Waals surface area contributed by atoms with Crippen LogP contribution in [0, 0.1) is 0 Å². The summed E-state index contributed by atoms with van der Waals surface area (Å²) in [6, 6.07) is -0.239. The van der Waals surface area contributed by atoms with Crippen molar-refractivity contribution in [3.8, 4) is 0 Å². The summed E-state index contributed by atoms with van der Waals surface area (Å²) in [5, 5.41) is 0. The Bertz CT molecular complexity index is 270. The highest BCUT2D eigenvalue weighted by Crippen LogP contribution is 2.27. The maximum absolute atomic E-state index is 11.0. The highest BCUT2D eigenvalue weighted by atomic mass is 16.6. The Morgan fingerprint density at radius 3 is 2.79 bits per heavy atom. The molecule has 0 fully saturated rings. The van der Waals surface area contributed by atoms with Crippen LogP contribution in [0.5, 0.6) is 0 Å². The highest BCUT2D eigenvalue weighted by Gasteiger charge is 2.36. The van der Waals surface area contributed by atoms with Crippen molar-refractivity contribution >= 4 is 5.97 Å². The van der Waals surface area contributed by atoms with Crippen LogP contribution in [-0.4, -0.2) is 17.6 Å². The van der Waals surface area contributed by atoms with E-state index in [9.17, 15) is 4.79 Å². The molecule has 14 heavy (non-hydrogen) atoms. The van der Waals surface area contributed by atoms with Crippen LogP contribution in [0.3, 0.4) is 0 Å². The van der Waals surface area contributed by atoms with Crippen LogP contribution in [0.15, 0.2) is 24.3 Å². The number of allylic oxidation sites excluding steroid dienone is 2. The van der Waals surface area contributed by atoms with Gasteiger partial charge in [-0.1, -0.05) is 31.6 Å². The standard InChI is InChI=1S/C11H17NO2/c1-3-7-11(14-9(2)13)8-5-4-6-10(11)12/h4-6,8,10H,3,7,12H2,1-2H3. The van der Waals surface area contributed by atoms with E-state index in [1.807, 2.05) is 31.2 Å². The summed E-state index contributed by atoms with van der Waals surface area (Å²) in [4.78, 5) is 11.0. The molecule has 2 atom stereocenters. The average Bonchev–Trinajstić information content (AvgIpc) is 2.09. The summed E-state index contributed by atoms with van der Waals surface area (Å²) in [7, 11) is 0. The van der Waals surface area contributed by atoms with Gasteiger partial charge in [-0.05, 0) is 12.5 Å². The van der Waals surface area contributed by atoms with Crippen LogP contribution in [0.25, 0.3) is 0 Å². The van der Waals surface area contributed by atoms with Crippen molar-refractivity contribution in [2.45, 2.75) is 38.3 Å². The van der Waals surface area contributed by atoms with Gasteiger partial charge in [-0.2, -0.15) is 0 Å². The number of carbonyl (C=O) groups excluding carboxylic acids is 1. The molecule has 0 radical (unpaired) electrons. The van der Waals surface area contributed by atoms with Gasteiger partial charge in [0.15, 0.2) is 0 Å². The van der Waals surface area contributed by atoms with E-state index < -0.39 is 5.60 Å². The zero-order valence-corrected chi connectivity index (χ0v) is 8.69. The Labute approximate surface area is 84.6 Å². The minimum atomic E-state index is -0.630. The molecule has 0 spiro atoms. The van der Waals surface area contributed by atoms with Gasteiger partial charge in [-0.15, -0.1) is 0 Å². The normalized spacial score (nSPS) is 30.4. The van der Waals surface area contributed by atoms with E-state index >= 15 is 0 Å². The Kier molecular flexibility index (Phi) is 3.47. The Morgan fingerprint density at radius 2 is 2.29 bits per heavy atom. The molecule has 0 saturated carbocycles. The monoisotopic (exact) mass is 195 g/mol. The molecule has 78 valence electrons. The SMILES string of the molecule is CCCC1(OC(C)=O)C=CC=CC1N. The second kappa shape index (κ2) is 4.42. The molecule has 2 N–H and O–H groups in total. The lowest BCUT2D eigenvalue weighted by molar-refractivity contribution is -0.154. The molecule has 2 unspecified atom stereocenters. The van der Waals surface area contributed by atoms with Crippen LogP contribution in [0.2, 0.25) is 0 Å². The molecule has 0 saturated heterocycles. The van der Waals surface area contributed by atoms with Crippen molar-refractivity contribution in [1.82, 2.24) is 0 Å². The van der Waals surface area contributed by atoms with Crippen molar-refractivity contribution in [2.75, 3.05) is 0 Å². The number of hydrogen-bond acceptors (Lipinski definition) is 3. The number of carbonyl (C=O) groups is 1. The third-order valence-corrected chi connectivity index (χ3v) is 2.35. The van der Waals surface area contributed by atoms with Crippen molar-refractivity contribution in [3.63, 3.8) is 0 Å². The van der Waals surface area contributed by atoms with E-state index in [0.29, 0.717) is 0 Å². The molecule has 0 heterocycles. The second-order valence-electron chi connectivity index (χ2n) is 3.57. The van der Waals surface area contributed by atoms with Gasteiger partial charge in [-0.25, -0.2) is 0 Å². The zero-order valence-electron chi connectivity index (χ0n) is 8.69. The van der Waals surface area contributed by atoms with Gasteiger partial charge in [-0.3, -0.25) is 4.79 Å². The predicted octanol–water partition coefficient (Wildman–Crippen LogP) is 1.54. The van der Waals surface area contributed by atoms with Gasteiger partial charge in [0.1, 0.15) is 5.60 Å². The fourth-order valence-electron chi connectivity index (χ4n) is 1.74. The van der Waals surface area contributed by atoms with E-state index in [-0.39, 0.29) is 12.0 Å². The van der Waals surface area contributed by atoms with E-state index in [1.165, 1.54) is 6.92 Å². The average molecular weight is 195 g/mol. The third kappa shape index (κ3) is 2.23. The molecule has 3 nitrogen and oxygen atoms in total. The first-order valence-electron chi connectivity index (χ1n) is 4.92. The maximum Gasteiger partial charge on any atom is 0.303 e. The Hall–Kier alpha value is -1.09. The highest BCUT2D eigenvalue weighted by molar-refractivity contribution is 5.67. The van der Waals surface area contributed by atoms with Crippen molar-refractivity contribution in [2.24, 2.45) is 5.73 Å². The number of nitrogens with two attached hydrogens (primary N) is 1. The Morgan fingerprint density at radius 1 is 1.57 bits per heavy atom. The lowest BCUT2D eigenvalue weighted by Crippen LogP contribution is -2.49. The molecule has 1 aliphatic carbocycles. The van der Waals surface area contributed by atoms with E-state index in [0.717, 1.165) is 12.8 Å². The van der Waals surface area contributed by atoms with Gasteiger partial charge in [0, 0.05) is 6.92 Å². The Balaban J connectivity index is 2.85. The fraction of sp³-hybridized carbons (Fsp3) is 0.545. The number of rotatable bonds is 3. The first-order chi connectivity index (χ1) is 6.60. The van der Waals surface area contributed by atoms with E-state index in [4.69, 9.17) is 10.5 Å². The van der Waals surface area contributed by atoms with Gasteiger partial charge >= 0.3 is 5.97 Å². The minimum absolute atomic E-state index is 0.239. The summed E-state index contributed by atoms with van der Waals surface area (Å²) in [5.41, 5.74) is 5.30. The third-order valence-electron chi connectivity index (χ3n) is 2.35. The first-order valence-corrected chi connectivity index (χ1v) is 4.92. The predicted molar refractivity (Wildman–Crippen MR) is 55.7 cm³/mol. The van der Waals surface area contributed by atoms with Crippen LogP contribution in [0.1, 0.15) is 26.7 Å². The molecule has 0 bridgehead atoms. The topological polar surface area (TPSA) is 52.3 Å². The quantitative estimate of drug-likeness (QED) is 0.695. The van der Waals surface area contributed by atoms with Gasteiger partial charge in [0.25, 0.3) is 0 Å². The number of hydrogen-bond donors (Lipinski definition) is 1. The van der Waals surface area contributed by atoms with E-state index in [1.54, 1.807) is 0 Å². The maximum atomic E-state index is 11.0. The van der Waals surface area contributed by atoms with Crippen LogP contribution in [-0.2, 0) is 9.53 Å². The summed E-state index contributed by atoms with van der Waals surface area (Å²) < 4.78 is 5.33. The number of ether oxygens (including phenoxy) is 1. The summed E-state index contributed by atoms with van der Waals surface area (Å²) >= 11 is 0. The van der Waals surface area contributed by atoms with Gasteiger partial charge in [0.2, 0.25) is 0 Å². The molecule has 3 heteroatoms. The largest absolute Gasteiger partial charge is 0.453 e. The first kappa shape index (κ1) is 11.0. The second-order valence-corrected chi connectivity index (χ2v) is 3.57. The van der Waals surface area contributed by atoms with Gasteiger partial charge in [0.05, 0.1) is 6.04 Å². The van der Waals surface area contributed by atoms with Crippen molar-refractivity contribution in [3.05, 3.63) is 24.3 Å². The summed E-state index contributed by atoms with van der Waals surface area (Å²) in [6.45, 7) is 3.46. The van der Waals surface area contributed by atoms with Crippen molar-refractivity contribution in [1.29, 1.82) is 0 Å². The van der Waals surface area contributed by atoms with Gasteiger partial charge < -0.3 is 10.5 Å². The minimum Gasteiger partial charge on any atom is -0.453 e. The molecule has 0 aromatic carbocycles.